The number of benzene rings is 1. The van der Waals surface area contributed by atoms with E-state index in [1.165, 1.54) is 19.3 Å². The van der Waals surface area contributed by atoms with E-state index in [0.29, 0.717) is 23.2 Å². The van der Waals surface area contributed by atoms with Gasteiger partial charge in [0.1, 0.15) is 6.61 Å². The Bertz CT molecular complexity index is 399. The maximum Gasteiger partial charge on any atom is 0.188 e. The zero-order valence-electron chi connectivity index (χ0n) is 11.0. The van der Waals surface area contributed by atoms with E-state index in [0.717, 1.165) is 13.0 Å². The summed E-state index contributed by atoms with van der Waals surface area (Å²) >= 11 is 5.78. The predicted molar refractivity (Wildman–Crippen MR) is 76.9 cm³/mol. The predicted octanol–water partition coefficient (Wildman–Crippen LogP) is 3.07. The number of ketones is 1. The smallest absolute Gasteiger partial charge is 0.188 e. The number of hydrogen-bond acceptors (Lipinski definition) is 3. The Labute approximate surface area is 119 Å². The first-order chi connectivity index (χ1) is 9.25. The van der Waals surface area contributed by atoms with Gasteiger partial charge in [-0.3, -0.25) is 4.79 Å². The van der Waals surface area contributed by atoms with Gasteiger partial charge in [-0.25, -0.2) is 0 Å². The van der Waals surface area contributed by atoms with E-state index < -0.39 is 0 Å². The van der Waals surface area contributed by atoms with Gasteiger partial charge in [0.05, 0.1) is 0 Å². The second kappa shape index (κ2) is 7.63. The lowest BCUT2D eigenvalue weighted by Crippen LogP contribution is -2.34. The summed E-state index contributed by atoms with van der Waals surface area (Å²) in [6.45, 7) is 1.89. The van der Waals surface area contributed by atoms with Crippen LogP contribution in [0.25, 0.3) is 0 Å². The molecule has 0 amide bonds. The fourth-order valence-corrected chi connectivity index (χ4v) is 2.41. The topological polar surface area (TPSA) is 38.3 Å². The first-order valence-electron chi connectivity index (χ1n) is 6.85. The van der Waals surface area contributed by atoms with Crippen molar-refractivity contribution in [3.05, 3.63) is 34.9 Å². The molecule has 1 aromatic rings. The van der Waals surface area contributed by atoms with Crippen molar-refractivity contribution in [2.45, 2.75) is 31.7 Å². The zero-order chi connectivity index (χ0) is 13.5. The van der Waals surface area contributed by atoms with Crippen molar-refractivity contribution < 1.29 is 9.53 Å². The lowest BCUT2D eigenvalue weighted by atomic mass is 10.0. The molecule has 4 heteroatoms. The highest BCUT2D eigenvalue weighted by Gasteiger charge is 2.12. The molecule has 0 radical (unpaired) electrons. The summed E-state index contributed by atoms with van der Waals surface area (Å²) in [7, 11) is 0. The number of ether oxygens (including phenoxy) is 1. The molecular weight excluding hydrogens is 262 g/mol. The Kier molecular flexibility index (Phi) is 5.83. The van der Waals surface area contributed by atoms with Crippen LogP contribution in [0, 0.1) is 0 Å². The molecule has 0 aromatic heterocycles. The van der Waals surface area contributed by atoms with Gasteiger partial charge in [-0.05, 0) is 50.1 Å². The molecule has 1 heterocycles. The first-order valence-corrected chi connectivity index (χ1v) is 7.23. The lowest BCUT2D eigenvalue weighted by molar-refractivity contribution is 0.0736. The minimum Gasteiger partial charge on any atom is -0.373 e. The molecule has 1 fully saturated rings. The molecule has 2 rings (SSSR count). The summed E-state index contributed by atoms with van der Waals surface area (Å²) in [6.07, 6.45) is 4.76. The van der Waals surface area contributed by atoms with Crippen molar-refractivity contribution in [1.29, 1.82) is 0 Å². The van der Waals surface area contributed by atoms with Crippen LogP contribution in [-0.4, -0.2) is 31.6 Å². The Balaban J connectivity index is 1.64. The molecule has 1 N–H and O–H groups in total. The normalized spacial score (nSPS) is 19.3. The van der Waals surface area contributed by atoms with Crippen molar-refractivity contribution in [3.63, 3.8) is 0 Å². The van der Waals surface area contributed by atoms with Crippen LogP contribution in [0.2, 0.25) is 5.02 Å². The van der Waals surface area contributed by atoms with E-state index in [2.05, 4.69) is 5.32 Å². The summed E-state index contributed by atoms with van der Waals surface area (Å²) in [5, 5.41) is 4.11. The number of piperidine rings is 1. The number of carbonyl (C=O) groups excluding carboxylic acids is 1. The van der Waals surface area contributed by atoms with Crippen LogP contribution in [0.15, 0.2) is 24.3 Å². The van der Waals surface area contributed by atoms with Gasteiger partial charge in [0.2, 0.25) is 0 Å². The van der Waals surface area contributed by atoms with Crippen molar-refractivity contribution in [2.75, 3.05) is 19.8 Å². The highest BCUT2D eigenvalue weighted by Crippen LogP contribution is 2.11. The average molecular weight is 282 g/mol. The maximum absolute atomic E-state index is 11.8. The fourth-order valence-electron chi connectivity index (χ4n) is 2.28. The fraction of sp³-hybridized carbons (Fsp3) is 0.533. The molecule has 1 aromatic carbocycles. The SMILES string of the molecule is O=C(COCCC1CCCCN1)c1ccc(Cl)cc1. The summed E-state index contributed by atoms with van der Waals surface area (Å²) in [5.74, 6) is 0.00766. The van der Waals surface area contributed by atoms with Crippen LogP contribution in [0.3, 0.4) is 0 Å². The minimum absolute atomic E-state index is 0.00766. The second-order valence-corrected chi connectivity index (χ2v) is 5.35. The van der Waals surface area contributed by atoms with Gasteiger partial charge in [-0.2, -0.15) is 0 Å². The highest BCUT2D eigenvalue weighted by atomic mass is 35.5. The Hall–Kier alpha value is -0.900. The van der Waals surface area contributed by atoms with Crippen molar-refractivity contribution >= 4 is 17.4 Å². The molecule has 0 saturated carbocycles. The van der Waals surface area contributed by atoms with Crippen molar-refractivity contribution in [1.82, 2.24) is 5.32 Å². The van der Waals surface area contributed by atoms with E-state index in [1.54, 1.807) is 24.3 Å². The molecular formula is C15H20ClNO2. The first kappa shape index (κ1) is 14.5. The number of hydrogen-bond donors (Lipinski definition) is 1. The second-order valence-electron chi connectivity index (χ2n) is 4.92. The number of carbonyl (C=O) groups is 1. The number of rotatable bonds is 6. The van der Waals surface area contributed by atoms with E-state index in [9.17, 15) is 4.79 Å². The number of Topliss-reactive ketones (excluding diaryl/α,β-unsaturated/α-hetero) is 1. The Morgan fingerprint density at radius 3 is 2.79 bits per heavy atom. The van der Waals surface area contributed by atoms with E-state index in [1.807, 2.05) is 0 Å². The molecule has 0 bridgehead atoms. The largest absolute Gasteiger partial charge is 0.373 e. The minimum atomic E-state index is 0.00766. The molecule has 104 valence electrons. The molecule has 1 saturated heterocycles. The van der Waals surface area contributed by atoms with Crippen LogP contribution in [-0.2, 0) is 4.74 Å². The summed E-state index contributed by atoms with van der Waals surface area (Å²) in [5.41, 5.74) is 0.653. The third kappa shape index (κ3) is 4.94. The molecule has 1 atom stereocenters. The average Bonchev–Trinajstić information content (AvgIpc) is 2.45. The summed E-state index contributed by atoms with van der Waals surface area (Å²) in [4.78, 5) is 11.8. The van der Waals surface area contributed by atoms with Gasteiger partial charge in [0, 0.05) is 23.2 Å². The van der Waals surface area contributed by atoms with Gasteiger partial charge in [0.25, 0.3) is 0 Å². The van der Waals surface area contributed by atoms with Crippen LogP contribution in [0.4, 0.5) is 0 Å². The molecule has 1 aliphatic heterocycles. The van der Waals surface area contributed by atoms with E-state index >= 15 is 0 Å². The van der Waals surface area contributed by atoms with Gasteiger partial charge >= 0.3 is 0 Å². The molecule has 1 aliphatic rings. The van der Waals surface area contributed by atoms with Crippen molar-refractivity contribution in [3.8, 4) is 0 Å². The number of halogens is 1. The number of nitrogens with one attached hydrogen (secondary N) is 1. The quantitative estimate of drug-likeness (QED) is 0.643. The Morgan fingerprint density at radius 1 is 1.32 bits per heavy atom. The van der Waals surface area contributed by atoms with Crippen LogP contribution in [0.1, 0.15) is 36.0 Å². The maximum atomic E-state index is 11.8. The van der Waals surface area contributed by atoms with E-state index in [-0.39, 0.29) is 12.4 Å². The molecule has 1 unspecified atom stereocenters. The standard InChI is InChI=1S/C15H20ClNO2/c16-13-6-4-12(5-7-13)15(18)11-19-10-8-14-3-1-2-9-17-14/h4-7,14,17H,1-3,8-11H2. The van der Waals surface area contributed by atoms with Crippen molar-refractivity contribution in [2.24, 2.45) is 0 Å². The lowest BCUT2D eigenvalue weighted by Gasteiger charge is -2.23. The third-order valence-corrected chi connectivity index (χ3v) is 3.67. The third-order valence-electron chi connectivity index (χ3n) is 3.42. The van der Waals surface area contributed by atoms with Gasteiger partial charge in [0.15, 0.2) is 5.78 Å². The molecule has 3 nitrogen and oxygen atoms in total. The summed E-state index contributed by atoms with van der Waals surface area (Å²) in [6, 6.07) is 7.47. The molecule has 19 heavy (non-hydrogen) atoms. The zero-order valence-corrected chi connectivity index (χ0v) is 11.8. The van der Waals surface area contributed by atoms with Crippen LogP contribution >= 0.6 is 11.6 Å². The monoisotopic (exact) mass is 281 g/mol. The van der Waals surface area contributed by atoms with Gasteiger partial charge in [-0.1, -0.05) is 18.0 Å². The van der Waals surface area contributed by atoms with Gasteiger partial charge in [-0.15, -0.1) is 0 Å². The van der Waals surface area contributed by atoms with E-state index in [4.69, 9.17) is 16.3 Å². The Morgan fingerprint density at radius 2 is 2.11 bits per heavy atom. The van der Waals surface area contributed by atoms with Crippen LogP contribution in [0.5, 0.6) is 0 Å². The van der Waals surface area contributed by atoms with Crippen LogP contribution < -0.4 is 5.32 Å². The molecule has 0 aliphatic carbocycles. The van der Waals surface area contributed by atoms with Gasteiger partial charge < -0.3 is 10.1 Å². The highest BCUT2D eigenvalue weighted by molar-refractivity contribution is 6.30. The summed E-state index contributed by atoms with van der Waals surface area (Å²) < 4.78 is 5.46. The molecule has 0 spiro atoms.